The highest BCUT2D eigenvalue weighted by Gasteiger charge is 2.47. The van der Waals surface area contributed by atoms with Gasteiger partial charge >= 0.3 is 0 Å². The van der Waals surface area contributed by atoms with Crippen molar-refractivity contribution in [3.63, 3.8) is 0 Å². The third-order valence-electron chi connectivity index (χ3n) is 5.35. The van der Waals surface area contributed by atoms with E-state index in [2.05, 4.69) is 5.32 Å². The molecule has 1 N–H and O–H groups in total. The van der Waals surface area contributed by atoms with Crippen LogP contribution in [0.25, 0.3) is 0 Å². The first-order chi connectivity index (χ1) is 14.0. The molecule has 0 saturated carbocycles. The number of benzene rings is 3. The van der Waals surface area contributed by atoms with Gasteiger partial charge in [-0.05, 0) is 48.4 Å². The quantitative estimate of drug-likeness (QED) is 0.689. The van der Waals surface area contributed by atoms with E-state index in [-0.39, 0.29) is 11.8 Å². The predicted molar refractivity (Wildman–Crippen MR) is 115 cm³/mol. The molecule has 3 aromatic rings. The Hall–Kier alpha value is -3.11. The summed E-state index contributed by atoms with van der Waals surface area (Å²) in [4.78, 5) is 28.4. The third kappa shape index (κ3) is 3.64. The molecule has 29 heavy (non-hydrogen) atoms. The molecule has 5 heteroatoms. The summed E-state index contributed by atoms with van der Waals surface area (Å²) in [6.07, 6.45) is 0.441. The van der Waals surface area contributed by atoms with Crippen LogP contribution < -0.4 is 10.2 Å². The summed E-state index contributed by atoms with van der Waals surface area (Å²) in [5.41, 5.74) is 2.13. The van der Waals surface area contributed by atoms with E-state index in [1.165, 1.54) is 0 Å². The van der Waals surface area contributed by atoms with E-state index in [0.717, 1.165) is 11.1 Å². The second-order valence-corrected chi connectivity index (χ2v) is 7.83. The smallest absolute Gasteiger partial charge is 0.259 e. The second-order valence-electron chi connectivity index (χ2n) is 7.39. The van der Waals surface area contributed by atoms with Crippen LogP contribution in [0.4, 0.5) is 5.69 Å². The fraction of sp³-hybridized carbons (Fsp3) is 0.167. The lowest BCUT2D eigenvalue weighted by atomic mass is 9.82. The van der Waals surface area contributed by atoms with Crippen LogP contribution in [-0.4, -0.2) is 17.4 Å². The molecule has 0 aliphatic carbocycles. The molecule has 2 amide bonds. The Bertz CT molecular complexity index is 1050. The summed E-state index contributed by atoms with van der Waals surface area (Å²) >= 11 is 5.94. The van der Waals surface area contributed by atoms with Gasteiger partial charge in [0.15, 0.2) is 0 Å². The second kappa shape index (κ2) is 7.72. The number of fused-ring (bicyclic) bond motifs is 1. The molecule has 0 fully saturated rings. The minimum atomic E-state index is -1.04. The zero-order valence-electron chi connectivity index (χ0n) is 16.1. The number of carbonyl (C=O) groups excluding carboxylic acids is 2. The topological polar surface area (TPSA) is 49.4 Å². The van der Waals surface area contributed by atoms with Crippen molar-refractivity contribution in [3.05, 3.63) is 101 Å². The van der Waals surface area contributed by atoms with Gasteiger partial charge in [-0.2, -0.15) is 0 Å². The molecular weight excluding hydrogens is 384 g/mol. The molecular formula is C24H21ClN2O2. The standard InChI is InChI=1S/C24H21ClN2O2/c1-24(23(29)26-16-17-11-13-19(25)14-12-17)15-18-7-5-6-10-21(18)22(28)27(24)20-8-3-2-4-9-20/h2-14H,15-16H2,1H3,(H,26,29)/t24-/m1/s1. The van der Waals surface area contributed by atoms with Crippen LogP contribution in [0, 0.1) is 0 Å². The van der Waals surface area contributed by atoms with Gasteiger partial charge < -0.3 is 5.32 Å². The largest absolute Gasteiger partial charge is 0.350 e. The van der Waals surface area contributed by atoms with Gasteiger partial charge in [-0.25, -0.2) is 0 Å². The van der Waals surface area contributed by atoms with Gasteiger partial charge in [0.2, 0.25) is 5.91 Å². The van der Waals surface area contributed by atoms with Gasteiger partial charge in [0, 0.05) is 29.2 Å². The molecule has 1 atom stereocenters. The first-order valence-electron chi connectivity index (χ1n) is 9.49. The number of nitrogens with one attached hydrogen (secondary N) is 1. The monoisotopic (exact) mass is 404 g/mol. The summed E-state index contributed by atoms with van der Waals surface area (Å²) in [5, 5.41) is 3.65. The van der Waals surface area contributed by atoms with Crippen LogP contribution in [0.3, 0.4) is 0 Å². The average Bonchev–Trinajstić information content (AvgIpc) is 2.74. The highest BCUT2D eigenvalue weighted by atomic mass is 35.5. The molecule has 4 nitrogen and oxygen atoms in total. The van der Waals surface area contributed by atoms with Gasteiger partial charge in [0.25, 0.3) is 5.91 Å². The van der Waals surface area contributed by atoms with Crippen LogP contribution in [0.2, 0.25) is 5.02 Å². The number of para-hydroxylation sites is 1. The van der Waals surface area contributed by atoms with Crippen LogP contribution >= 0.6 is 11.6 Å². The minimum Gasteiger partial charge on any atom is -0.350 e. The van der Waals surface area contributed by atoms with E-state index in [1.54, 1.807) is 17.0 Å². The van der Waals surface area contributed by atoms with Crippen molar-refractivity contribution < 1.29 is 9.59 Å². The average molecular weight is 405 g/mol. The van der Waals surface area contributed by atoms with Gasteiger partial charge in [-0.3, -0.25) is 14.5 Å². The van der Waals surface area contributed by atoms with E-state index in [1.807, 2.05) is 73.7 Å². The summed E-state index contributed by atoms with van der Waals surface area (Å²) in [6.45, 7) is 2.19. The van der Waals surface area contributed by atoms with Crippen LogP contribution in [0.1, 0.15) is 28.4 Å². The number of carbonyl (C=O) groups is 2. The number of hydrogen-bond acceptors (Lipinski definition) is 2. The number of hydrogen-bond donors (Lipinski definition) is 1. The van der Waals surface area contributed by atoms with Gasteiger partial charge in [-0.15, -0.1) is 0 Å². The molecule has 0 aromatic heterocycles. The van der Waals surface area contributed by atoms with E-state index < -0.39 is 5.54 Å². The molecule has 0 bridgehead atoms. The SMILES string of the molecule is C[C@]1(C(=O)NCc2ccc(Cl)cc2)Cc2ccccc2C(=O)N1c1ccccc1. The predicted octanol–water partition coefficient (Wildman–Crippen LogP) is 4.62. The Morgan fingerprint density at radius 3 is 2.38 bits per heavy atom. The van der Waals surface area contributed by atoms with Gasteiger partial charge in [-0.1, -0.05) is 60.1 Å². The number of anilines is 1. The fourth-order valence-corrected chi connectivity index (χ4v) is 3.94. The van der Waals surface area contributed by atoms with Crippen molar-refractivity contribution in [2.24, 2.45) is 0 Å². The molecule has 3 aromatic carbocycles. The Morgan fingerprint density at radius 2 is 1.66 bits per heavy atom. The lowest BCUT2D eigenvalue weighted by Crippen LogP contribution is -2.63. The maximum atomic E-state index is 13.4. The first-order valence-corrected chi connectivity index (χ1v) is 9.87. The third-order valence-corrected chi connectivity index (χ3v) is 5.60. The number of amides is 2. The highest BCUT2D eigenvalue weighted by Crippen LogP contribution is 2.35. The fourth-order valence-electron chi connectivity index (χ4n) is 3.81. The molecule has 0 saturated heterocycles. The summed E-state index contributed by atoms with van der Waals surface area (Å²) < 4.78 is 0. The summed E-state index contributed by atoms with van der Waals surface area (Å²) in [5.74, 6) is -0.360. The summed E-state index contributed by atoms with van der Waals surface area (Å²) in [6, 6.07) is 24.2. The molecule has 146 valence electrons. The molecule has 1 aliphatic rings. The van der Waals surface area contributed by atoms with Crippen molar-refractivity contribution in [2.75, 3.05) is 4.90 Å². The van der Waals surface area contributed by atoms with Crippen LogP contribution in [0.5, 0.6) is 0 Å². The molecule has 0 spiro atoms. The maximum Gasteiger partial charge on any atom is 0.259 e. The van der Waals surface area contributed by atoms with Crippen LogP contribution in [0.15, 0.2) is 78.9 Å². The van der Waals surface area contributed by atoms with Crippen LogP contribution in [-0.2, 0) is 17.8 Å². The zero-order chi connectivity index (χ0) is 20.4. The van der Waals surface area contributed by atoms with Crippen molar-refractivity contribution in [3.8, 4) is 0 Å². The lowest BCUT2D eigenvalue weighted by Gasteiger charge is -2.44. The Kier molecular flexibility index (Phi) is 5.12. The van der Waals surface area contributed by atoms with Gasteiger partial charge in [0.05, 0.1) is 0 Å². The maximum absolute atomic E-state index is 13.4. The van der Waals surface area contributed by atoms with E-state index in [0.29, 0.717) is 29.2 Å². The number of halogens is 1. The zero-order valence-corrected chi connectivity index (χ0v) is 16.8. The van der Waals surface area contributed by atoms with Crippen molar-refractivity contribution in [1.29, 1.82) is 0 Å². The Labute approximate surface area is 175 Å². The van der Waals surface area contributed by atoms with E-state index in [4.69, 9.17) is 11.6 Å². The normalized spacial score (nSPS) is 18.3. The lowest BCUT2D eigenvalue weighted by molar-refractivity contribution is -0.126. The van der Waals surface area contributed by atoms with E-state index >= 15 is 0 Å². The molecule has 1 heterocycles. The first kappa shape index (κ1) is 19.2. The molecule has 4 rings (SSSR count). The Balaban J connectivity index is 1.68. The van der Waals surface area contributed by atoms with Crippen molar-refractivity contribution in [2.45, 2.75) is 25.4 Å². The molecule has 0 radical (unpaired) electrons. The number of nitrogens with zero attached hydrogens (tertiary/aromatic N) is 1. The highest BCUT2D eigenvalue weighted by molar-refractivity contribution is 6.30. The van der Waals surface area contributed by atoms with E-state index in [9.17, 15) is 9.59 Å². The van der Waals surface area contributed by atoms with Gasteiger partial charge in [0.1, 0.15) is 5.54 Å². The Morgan fingerprint density at radius 1 is 1.00 bits per heavy atom. The molecule has 1 aliphatic heterocycles. The minimum absolute atomic E-state index is 0.165. The van der Waals surface area contributed by atoms with Crippen molar-refractivity contribution >= 4 is 29.1 Å². The molecule has 0 unspecified atom stereocenters. The summed E-state index contributed by atoms with van der Waals surface area (Å²) in [7, 11) is 0. The van der Waals surface area contributed by atoms with Crippen molar-refractivity contribution in [1.82, 2.24) is 5.32 Å². The number of rotatable bonds is 4.